The molecular formula is C27H32N4O5. The second-order valence-electron chi connectivity index (χ2n) is 9.82. The number of ether oxygens (including phenoxy) is 1. The number of carboxylic acids is 1. The van der Waals surface area contributed by atoms with Crippen molar-refractivity contribution in [2.75, 3.05) is 6.61 Å². The highest BCUT2D eigenvalue weighted by molar-refractivity contribution is 5.98. The van der Waals surface area contributed by atoms with Crippen molar-refractivity contribution >= 4 is 11.9 Å². The van der Waals surface area contributed by atoms with E-state index in [1.807, 2.05) is 0 Å². The van der Waals surface area contributed by atoms with Crippen LogP contribution in [0.3, 0.4) is 0 Å². The Kier molecular flexibility index (Phi) is 8.16. The highest BCUT2D eigenvalue weighted by Gasteiger charge is 2.30. The molecule has 2 aliphatic carbocycles. The topological polar surface area (TPSA) is 145 Å². The number of fused-ring (bicyclic) bond motifs is 1. The number of hydrogen-bond donors (Lipinski definition) is 3. The van der Waals surface area contributed by atoms with Crippen LogP contribution in [-0.4, -0.2) is 45.7 Å². The number of H-pyrrole nitrogens is 1. The van der Waals surface area contributed by atoms with Crippen molar-refractivity contribution in [3.05, 3.63) is 62.3 Å². The van der Waals surface area contributed by atoms with Gasteiger partial charge in [0, 0.05) is 30.1 Å². The Bertz CT molecular complexity index is 1230. The van der Waals surface area contributed by atoms with Gasteiger partial charge >= 0.3 is 5.97 Å². The third kappa shape index (κ3) is 6.18. The fourth-order valence-corrected chi connectivity index (χ4v) is 4.99. The zero-order chi connectivity index (χ0) is 25.7. The van der Waals surface area contributed by atoms with Crippen LogP contribution in [0.25, 0.3) is 0 Å². The van der Waals surface area contributed by atoms with Crippen LogP contribution in [0.15, 0.2) is 23.0 Å². The first-order valence-corrected chi connectivity index (χ1v) is 12.6. The minimum absolute atomic E-state index is 0.0886. The first-order chi connectivity index (χ1) is 17.3. The number of aromatic nitrogens is 2. The Morgan fingerprint density at radius 1 is 1.31 bits per heavy atom. The van der Waals surface area contributed by atoms with Crippen molar-refractivity contribution in [2.24, 2.45) is 5.92 Å². The first-order valence-electron chi connectivity index (χ1n) is 12.6. The lowest BCUT2D eigenvalue weighted by molar-refractivity contribution is -0.140. The molecule has 2 heterocycles. The molecule has 36 heavy (non-hydrogen) atoms. The smallest absolute Gasteiger partial charge is 0.326 e. The Hall–Kier alpha value is -3.51. The lowest BCUT2D eigenvalue weighted by atomic mass is 9.79. The van der Waals surface area contributed by atoms with Crippen molar-refractivity contribution in [3.8, 4) is 6.07 Å². The van der Waals surface area contributed by atoms with Crippen LogP contribution >= 0.6 is 0 Å². The maximum atomic E-state index is 12.6. The number of aliphatic carboxylic acids is 1. The normalized spacial score (nSPS) is 19.4. The third-order valence-corrected chi connectivity index (χ3v) is 7.12. The average Bonchev–Trinajstić information content (AvgIpc) is 2.83. The summed E-state index contributed by atoms with van der Waals surface area (Å²) in [5.41, 5.74) is 3.07. The molecule has 190 valence electrons. The van der Waals surface area contributed by atoms with Gasteiger partial charge < -0.3 is 20.1 Å². The van der Waals surface area contributed by atoms with Gasteiger partial charge in [0.1, 0.15) is 17.7 Å². The van der Waals surface area contributed by atoms with E-state index in [4.69, 9.17) is 9.72 Å². The summed E-state index contributed by atoms with van der Waals surface area (Å²) in [5, 5.41) is 21.1. The highest BCUT2D eigenvalue weighted by Crippen LogP contribution is 2.34. The molecule has 9 nitrogen and oxygen atoms in total. The predicted octanol–water partition coefficient (Wildman–Crippen LogP) is 2.83. The summed E-state index contributed by atoms with van der Waals surface area (Å²) in [7, 11) is 0. The second kappa shape index (κ2) is 11.5. The van der Waals surface area contributed by atoms with Crippen molar-refractivity contribution in [3.63, 3.8) is 0 Å². The van der Waals surface area contributed by atoms with Gasteiger partial charge in [-0.1, -0.05) is 6.07 Å². The molecule has 0 radical (unpaired) electrons. The van der Waals surface area contributed by atoms with E-state index in [1.54, 1.807) is 13.0 Å². The monoisotopic (exact) mass is 492 g/mol. The number of carbonyl (C=O) groups excluding carboxylic acids is 1. The summed E-state index contributed by atoms with van der Waals surface area (Å²) in [6, 6.07) is 6.27. The number of nitriles is 1. The van der Waals surface area contributed by atoms with Crippen LogP contribution in [0.4, 0.5) is 0 Å². The number of hydrogen-bond acceptors (Lipinski definition) is 6. The van der Waals surface area contributed by atoms with Gasteiger partial charge in [-0.05, 0) is 81.9 Å². The number of carboxylic acid groups (broad SMARTS) is 1. The van der Waals surface area contributed by atoms with E-state index in [0.29, 0.717) is 11.6 Å². The standard InChI is InChI=1S/C27H32N4O5/c1-16-12-21(22(15-28)26(33)29-16)25(32)31-24(27(34)35)10-11-36-20-13-17(14-20)6-8-19-9-7-18-4-2-3-5-23(18)30-19/h7,9,12,17,20,24H,2-6,8,10-11,13-14H2,1H3,(H,29,33)(H,31,32)(H,34,35)/t17?,20?,24-/m0/s1. The molecule has 1 fully saturated rings. The maximum Gasteiger partial charge on any atom is 0.326 e. The fourth-order valence-electron chi connectivity index (χ4n) is 4.99. The van der Waals surface area contributed by atoms with Crippen LogP contribution in [0.5, 0.6) is 0 Å². The van der Waals surface area contributed by atoms with E-state index >= 15 is 0 Å². The zero-order valence-electron chi connectivity index (χ0n) is 20.5. The summed E-state index contributed by atoms with van der Waals surface area (Å²) in [6.45, 7) is 1.78. The van der Waals surface area contributed by atoms with E-state index in [2.05, 4.69) is 22.4 Å². The summed E-state index contributed by atoms with van der Waals surface area (Å²) in [6.07, 6.45) is 8.80. The Morgan fingerprint density at radius 2 is 2.08 bits per heavy atom. The largest absolute Gasteiger partial charge is 0.480 e. The van der Waals surface area contributed by atoms with E-state index in [9.17, 15) is 24.8 Å². The Balaban J connectivity index is 1.20. The van der Waals surface area contributed by atoms with E-state index in [1.165, 1.54) is 30.2 Å². The maximum absolute atomic E-state index is 12.6. The van der Waals surface area contributed by atoms with Crippen LogP contribution < -0.4 is 10.9 Å². The van der Waals surface area contributed by atoms with Crippen LogP contribution in [0.2, 0.25) is 0 Å². The van der Waals surface area contributed by atoms with Gasteiger partial charge in [-0.3, -0.25) is 14.6 Å². The molecule has 2 aromatic heterocycles. The number of amides is 1. The molecule has 0 aromatic carbocycles. The molecule has 2 aromatic rings. The van der Waals surface area contributed by atoms with Gasteiger partial charge in [-0.2, -0.15) is 5.26 Å². The minimum Gasteiger partial charge on any atom is -0.480 e. The van der Waals surface area contributed by atoms with E-state index < -0.39 is 23.5 Å². The molecule has 1 saturated carbocycles. The van der Waals surface area contributed by atoms with Crippen LogP contribution in [0.1, 0.15) is 77.1 Å². The van der Waals surface area contributed by atoms with Gasteiger partial charge in [0.15, 0.2) is 0 Å². The number of rotatable bonds is 10. The first kappa shape index (κ1) is 25.6. The molecule has 0 unspecified atom stereocenters. The molecule has 4 rings (SSSR count). The zero-order valence-corrected chi connectivity index (χ0v) is 20.5. The molecule has 0 aliphatic heterocycles. The third-order valence-electron chi connectivity index (χ3n) is 7.12. The molecule has 1 amide bonds. The summed E-state index contributed by atoms with van der Waals surface area (Å²) < 4.78 is 5.85. The quantitative estimate of drug-likeness (QED) is 0.462. The van der Waals surface area contributed by atoms with Crippen molar-refractivity contribution < 1.29 is 19.4 Å². The number of aromatic amines is 1. The molecular weight excluding hydrogens is 460 g/mol. The molecule has 1 atom stereocenters. The van der Waals surface area contributed by atoms with Crippen molar-refractivity contribution in [1.82, 2.24) is 15.3 Å². The highest BCUT2D eigenvalue weighted by atomic mass is 16.5. The van der Waals surface area contributed by atoms with E-state index in [0.717, 1.165) is 44.2 Å². The predicted molar refractivity (Wildman–Crippen MR) is 132 cm³/mol. The van der Waals surface area contributed by atoms with Crippen molar-refractivity contribution in [1.29, 1.82) is 5.26 Å². The second-order valence-corrected chi connectivity index (χ2v) is 9.82. The number of pyridine rings is 2. The molecule has 2 aliphatic rings. The summed E-state index contributed by atoms with van der Waals surface area (Å²) >= 11 is 0. The number of nitrogens with one attached hydrogen (secondary N) is 2. The number of nitrogens with zero attached hydrogens (tertiary/aromatic N) is 2. The molecule has 3 N–H and O–H groups in total. The minimum atomic E-state index is -1.20. The van der Waals surface area contributed by atoms with Gasteiger partial charge in [0.2, 0.25) is 0 Å². The van der Waals surface area contributed by atoms with Crippen molar-refractivity contribution in [2.45, 2.75) is 76.9 Å². The Labute approximate surface area is 209 Å². The van der Waals surface area contributed by atoms with Gasteiger partial charge in [-0.15, -0.1) is 0 Å². The molecule has 0 saturated heterocycles. The number of aryl methyl sites for hydroxylation is 4. The molecule has 0 spiro atoms. The summed E-state index contributed by atoms with van der Waals surface area (Å²) in [5.74, 6) is -1.39. The Morgan fingerprint density at radius 3 is 2.83 bits per heavy atom. The number of carbonyl (C=O) groups is 2. The van der Waals surface area contributed by atoms with Crippen LogP contribution in [0, 0.1) is 24.2 Å². The van der Waals surface area contributed by atoms with Gasteiger partial charge in [-0.25, -0.2) is 4.79 Å². The SMILES string of the molecule is Cc1cc(C(=O)N[C@@H](CCOC2CC(CCc3ccc4c(n3)CCCC4)C2)C(=O)O)c(C#N)c(=O)[nH]1. The lowest BCUT2D eigenvalue weighted by Crippen LogP contribution is -2.43. The fraction of sp³-hybridized carbons (Fsp3) is 0.519. The van der Waals surface area contributed by atoms with Gasteiger partial charge in [0.05, 0.1) is 11.7 Å². The average molecular weight is 493 g/mol. The summed E-state index contributed by atoms with van der Waals surface area (Å²) in [4.78, 5) is 43.5. The molecule has 0 bridgehead atoms. The molecule has 9 heteroatoms. The van der Waals surface area contributed by atoms with E-state index in [-0.39, 0.29) is 30.3 Å². The van der Waals surface area contributed by atoms with Crippen LogP contribution in [-0.2, 0) is 28.8 Å². The van der Waals surface area contributed by atoms with Gasteiger partial charge in [0.25, 0.3) is 11.5 Å². The lowest BCUT2D eigenvalue weighted by Gasteiger charge is -2.35.